The Morgan fingerprint density at radius 3 is 2.53 bits per heavy atom. The number of fused-ring (bicyclic) bond motifs is 1. The summed E-state index contributed by atoms with van der Waals surface area (Å²) < 4.78 is 11.5. The average molecular weight is 484 g/mol. The van der Waals surface area contributed by atoms with Crippen molar-refractivity contribution < 1.29 is 24.2 Å². The summed E-state index contributed by atoms with van der Waals surface area (Å²) in [6, 6.07) is 21.6. The van der Waals surface area contributed by atoms with Crippen LogP contribution >= 0.6 is 0 Å². The first-order valence-corrected chi connectivity index (χ1v) is 12.3. The van der Waals surface area contributed by atoms with E-state index in [0.717, 1.165) is 35.3 Å². The van der Waals surface area contributed by atoms with Gasteiger partial charge in [-0.1, -0.05) is 49.4 Å². The van der Waals surface area contributed by atoms with Gasteiger partial charge in [0, 0.05) is 18.5 Å². The van der Waals surface area contributed by atoms with E-state index in [0.29, 0.717) is 17.9 Å². The first-order valence-electron chi connectivity index (χ1n) is 12.3. The second-order valence-corrected chi connectivity index (χ2v) is 9.29. The minimum atomic E-state index is -0.728. The van der Waals surface area contributed by atoms with E-state index in [1.165, 1.54) is 4.90 Å². The van der Waals surface area contributed by atoms with Gasteiger partial charge in [0.2, 0.25) is 0 Å². The number of hydrogen-bond acceptors (Lipinski definition) is 5. The molecule has 0 saturated carbocycles. The monoisotopic (exact) mass is 483 g/mol. The molecule has 1 saturated heterocycles. The molecule has 6 heteroatoms. The number of amides is 1. The Morgan fingerprint density at radius 1 is 1.06 bits per heavy atom. The highest BCUT2D eigenvalue weighted by molar-refractivity contribution is 6.46. The molecule has 0 unspecified atom stereocenters. The summed E-state index contributed by atoms with van der Waals surface area (Å²) in [7, 11) is 0. The number of aliphatic hydroxyl groups is 1. The Labute approximate surface area is 210 Å². The van der Waals surface area contributed by atoms with Gasteiger partial charge in [-0.2, -0.15) is 0 Å². The Kier molecular flexibility index (Phi) is 6.51. The molecule has 2 atom stereocenters. The summed E-state index contributed by atoms with van der Waals surface area (Å²) in [5.41, 5.74) is 3.19. The zero-order valence-corrected chi connectivity index (χ0v) is 20.4. The van der Waals surface area contributed by atoms with Gasteiger partial charge in [0.15, 0.2) is 0 Å². The number of nitrogens with zero attached hydrogens (tertiary/aromatic N) is 1. The molecule has 0 radical (unpaired) electrons. The van der Waals surface area contributed by atoms with Crippen molar-refractivity contribution in [2.45, 2.75) is 45.4 Å². The van der Waals surface area contributed by atoms with Crippen LogP contribution in [0.15, 0.2) is 78.4 Å². The lowest BCUT2D eigenvalue weighted by Gasteiger charge is -2.25. The summed E-state index contributed by atoms with van der Waals surface area (Å²) in [4.78, 5) is 28.1. The van der Waals surface area contributed by atoms with Gasteiger partial charge in [-0.15, -0.1) is 0 Å². The number of benzene rings is 3. The number of ketones is 1. The van der Waals surface area contributed by atoms with Crippen LogP contribution < -0.4 is 9.47 Å². The van der Waals surface area contributed by atoms with Crippen LogP contribution in [-0.2, 0) is 22.6 Å². The van der Waals surface area contributed by atoms with Crippen LogP contribution in [0.1, 0.15) is 48.6 Å². The molecule has 2 aliphatic rings. The number of likely N-dealkylation sites (tertiary alicyclic amines) is 1. The predicted molar refractivity (Wildman–Crippen MR) is 137 cm³/mol. The molecule has 3 aromatic rings. The Bertz CT molecular complexity index is 1310. The summed E-state index contributed by atoms with van der Waals surface area (Å²) in [6.45, 7) is 4.88. The van der Waals surface area contributed by atoms with Crippen molar-refractivity contribution in [2.75, 3.05) is 6.61 Å². The van der Waals surface area contributed by atoms with Crippen molar-refractivity contribution >= 4 is 17.4 Å². The third-order valence-corrected chi connectivity index (χ3v) is 6.57. The highest BCUT2D eigenvalue weighted by Crippen LogP contribution is 2.41. The summed E-state index contributed by atoms with van der Waals surface area (Å²) >= 11 is 0. The van der Waals surface area contributed by atoms with Gasteiger partial charge < -0.3 is 19.5 Å². The maximum Gasteiger partial charge on any atom is 0.295 e. The zero-order chi connectivity index (χ0) is 25.2. The largest absolute Gasteiger partial charge is 0.507 e. The quantitative estimate of drug-likeness (QED) is 0.276. The Balaban J connectivity index is 1.58. The lowest BCUT2D eigenvalue weighted by molar-refractivity contribution is -0.140. The Hall–Kier alpha value is -4.06. The molecule has 184 valence electrons. The van der Waals surface area contributed by atoms with Gasteiger partial charge in [0.1, 0.15) is 23.4 Å². The molecule has 6 nitrogen and oxygen atoms in total. The van der Waals surface area contributed by atoms with Crippen molar-refractivity contribution in [3.63, 3.8) is 0 Å². The van der Waals surface area contributed by atoms with Crippen LogP contribution in [0.4, 0.5) is 0 Å². The lowest BCUT2D eigenvalue weighted by atomic mass is 9.94. The minimum Gasteiger partial charge on any atom is -0.507 e. The van der Waals surface area contributed by atoms with Crippen LogP contribution in [0, 0.1) is 0 Å². The molecule has 0 bridgehead atoms. The number of rotatable bonds is 7. The molecule has 36 heavy (non-hydrogen) atoms. The van der Waals surface area contributed by atoms with Gasteiger partial charge >= 0.3 is 0 Å². The van der Waals surface area contributed by atoms with E-state index in [1.807, 2.05) is 80.6 Å². The summed E-state index contributed by atoms with van der Waals surface area (Å²) in [6.07, 6.45) is 1.67. The minimum absolute atomic E-state index is 0.0577. The predicted octanol–water partition coefficient (Wildman–Crippen LogP) is 5.42. The van der Waals surface area contributed by atoms with Crippen LogP contribution in [0.5, 0.6) is 11.5 Å². The highest BCUT2D eigenvalue weighted by atomic mass is 16.5. The maximum atomic E-state index is 13.3. The molecule has 0 spiro atoms. The second kappa shape index (κ2) is 9.90. The van der Waals surface area contributed by atoms with E-state index >= 15 is 0 Å². The van der Waals surface area contributed by atoms with Crippen LogP contribution in [0.2, 0.25) is 0 Å². The van der Waals surface area contributed by atoms with Gasteiger partial charge in [-0.25, -0.2) is 0 Å². The van der Waals surface area contributed by atoms with Crippen molar-refractivity contribution in [1.82, 2.24) is 4.90 Å². The van der Waals surface area contributed by atoms with E-state index < -0.39 is 17.7 Å². The number of carbonyl (C=O) groups is 2. The van der Waals surface area contributed by atoms with E-state index in [9.17, 15) is 14.7 Å². The van der Waals surface area contributed by atoms with Crippen molar-refractivity contribution in [3.8, 4) is 11.5 Å². The summed E-state index contributed by atoms with van der Waals surface area (Å²) in [5.74, 6) is -0.00147. The third-order valence-electron chi connectivity index (χ3n) is 6.57. The smallest absolute Gasteiger partial charge is 0.295 e. The van der Waals surface area contributed by atoms with Gasteiger partial charge in [0.25, 0.3) is 11.7 Å². The maximum absolute atomic E-state index is 13.3. The van der Waals surface area contributed by atoms with E-state index in [-0.39, 0.29) is 24.0 Å². The van der Waals surface area contributed by atoms with Gasteiger partial charge in [-0.05, 0) is 60.4 Å². The number of aliphatic hydroxyl groups excluding tert-OH is 1. The van der Waals surface area contributed by atoms with Crippen LogP contribution in [0.3, 0.4) is 0 Å². The van der Waals surface area contributed by atoms with Crippen molar-refractivity contribution in [3.05, 3.63) is 101 Å². The first-order chi connectivity index (χ1) is 17.5. The molecular weight excluding hydrogens is 454 g/mol. The van der Waals surface area contributed by atoms with Crippen molar-refractivity contribution in [1.29, 1.82) is 0 Å². The molecule has 3 aromatic carbocycles. The zero-order valence-electron chi connectivity index (χ0n) is 20.4. The van der Waals surface area contributed by atoms with E-state index in [1.54, 1.807) is 6.07 Å². The summed E-state index contributed by atoms with van der Waals surface area (Å²) in [5, 5.41) is 11.4. The first kappa shape index (κ1) is 23.7. The molecule has 5 rings (SSSR count). The van der Waals surface area contributed by atoms with E-state index in [2.05, 4.69) is 0 Å². The number of carbonyl (C=O) groups excluding carboxylic acids is 2. The molecule has 0 aromatic heterocycles. The molecule has 1 N–H and O–H groups in total. The number of hydrogen-bond donors (Lipinski definition) is 1. The number of Topliss-reactive ketones (excluding diaryl/α,β-unsaturated/α-hetero) is 1. The second-order valence-electron chi connectivity index (χ2n) is 9.29. The van der Waals surface area contributed by atoms with E-state index in [4.69, 9.17) is 9.47 Å². The normalized spacial score (nSPS) is 20.3. The molecule has 2 aliphatic heterocycles. The highest BCUT2D eigenvalue weighted by Gasteiger charge is 2.46. The fraction of sp³-hybridized carbons (Fsp3) is 0.267. The fourth-order valence-electron chi connectivity index (χ4n) is 4.86. The molecule has 0 aliphatic carbocycles. The van der Waals surface area contributed by atoms with Gasteiger partial charge in [-0.3, -0.25) is 9.59 Å². The third kappa shape index (κ3) is 4.47. The van der Waals surface area contributed by atoms with Crippen LogP contribution in [-0.4, -0.2) is 34.4 Å². The lowest BCUT2D eigenvalue weighted by Crippen LogP contribution is -2.29. The standard InChI is InChI=1S/C30H29NO5/c1-3-15-35-24-12-9-21(10-13-24)27-26(28(32)22-11-14-25-23(17-22)16-19(2)36-25)29(33)30(34)31(27)18-20-7-5-4-6-8-20/h4-14,17,19,27,32H,3,15-16,18H2,1-2H3/b28-26+/t19-,27-/m0/s1. The van der Waals surface area contributed by atoms with Crippen LogP contribution in [0.25, 0.3) is 5.76 Å². The molecule has 1 fully saturated rings. The van der Waals surface area contributed by atoms with Crippen molar-refractivity contribution in [2.24, 2.45) is 0 Å². The average Bonchev–Trinajstić information content (AvgIpc) is 3.39. The molecule has 2 heterocycles. The molecular formula is C30H29NO5. The molecule has 1 amide bonds. The topological polar surface area (TPSA) is 76.1 Å². The number of ether oxygens (including phenoxy) is 2. The Morgan fingerprint density at radius 2 is 1.81 bits per heavy atom. The fourth-order valence-corrected chi connectivity index (χ4v) is 4.86. The SMILES string of the molecule is CCCOc1ccc([C@H]2/C(=C(\O)c3ccc4c(c3)C[C@H](C)O4)C(=O)C(=O)N2Cc2ccccc2)cc1. The van der Waals surface area contributed by atoms with Gasteiger partial charge in [0.05, 0.1) is 18.2 Å².